The van der Waals surface area contributed by atoms with Crippen LogP contribution in [-0.2, 0) is 14.8 Å². The van der Waals surface area contributed by atoms with Gasteiger partial charge in [0, 0.05) is 23.6 Å². The van der Waals surface area contributed by atoms with E-state index in [9.17, 15) is 18.0 Å². The van der Waals surface area contributed by atoms with Crippen LogP contribution >= 0.6 is 0 Å². The first-order valence-electron chi connectivity index (χ1n) is 12.8. The summed E-state index contributed by atoms with van der Waals surface area (Å²) >= 11 is 0. The van der Waals surface area contributed by atoms with E-state index in [4.69, 9.17) is 19.6 Å². The maximum atomic E-state index is 13.1. The Labute approximate surface area is 225 Å². The smallest absolute Gasteiger partial charge is 0.412 e. The van der Waals surface area contributed by atoms with Crippen LogP contribution in [0.2, 0.25) is 0 Å². The van der Waals surface area contributed by atoms with Gasteiger partial charge in [-0.3, -0.25) is 4.31 Å². The Bertz CT molecular complexity index is 1670. The second-order valence-electron chi connectivity index (χ2n) is 9.73. The number of benzene rings is 3. The van der Waals surface area contributed by atoms with E-state index in [-0.39, 0.29) is 23.0 Å². The molecule has 1 saturated carbocycles. The summed E-state index contributed by atoms with van der Waals surface area (Å²) in [5, 5.41) is 0.431. The number of hydrogen-bond acceptors (Lipinski definition) is 7. The summed E-state index contributed by atoms with van der Waals surface area (Å²) in [6.45, 7) is 0.389. The third-order valence-corrected chi connectivity index (χ3v) is 8.82. The number of carbonyl (C=O) groups is 2. The standard InChI is InChI=1S/C29H26N2O7S/c30-29(33)38-28(32)26-23-16-22(18-8-9-18)24(31-14-4-5-15-39(31,34)35)17-25(23)37-27(26)19-10-12-21(13-11-19)36-20-6-2-1-3-7-20/h1-3,6-7,10-13,16-18H,4-5,8-9,14-15H2,(H2,30,33). The molecule has 2 N–H and O–H groups in total. The minimum absolute atomic E-state index is 0.0514. The summed E-state index contributed by atoms with van der Waals surface area (Å²) in [5.41, 5.74) is 7.48. The number of sulfonamides is 1. The van der Waals surface area contributed by atoms with Crippen LogP contribution in [-0.4, -0.2) is 32.8 Å². The third-order valence-electron chi connectivity index (χ3n) is 6.97. The number of ether oxygens (including phenoxy) is 2. The van der Waals surface area contributed by atoms with Crippen molar-refractivity contribution >= 4 is 38.7 Å². The van der Waals surface area contributed by atoms with E-state index in [2.05, 4.69) is 0 Å². The number of hydrogen-bond donors (Lipinski definition) is 1. The molecule has 0 unspecified atom stereocenters. The highest BCUT2D eigenvalue weighted by molar-refractivity contribution is 7.92. The lowest BCUT2D eigenvalue weighted by atomic mass is 10.0. The fraction of sp³-hybridized carbons (Fsp3) is 0.241. The summed E-state index contributed by atoms with van der Waals surface area (Å²) in [5.74, 6) is 0.758. The van der Waals surface area contributed by atoms with Crippen LogP contribution in [0.4, 0.5) is 10.5 Å². The maximum absolute atomic E-state index is 13.1. The van der Waals surface area contributed by atoms with Crippen molar-refractivity contribution in [2.75, 3.05) is 16.6 Å². The highest BCUT2D eigenvalue weighted by Gasteiger charge is 2.35. The lowest BCUT2D eigenvalue weighted by molar-refractivity contribution is 0.0640. The Morgan fingerprint density at radius 3 is 2.33 bits per heavy atom. The SMILES string of the molecule is NC(=O)OC(=O)c1c(-c2ccc(Oc3ccccc3)cc2)oc2cc(N3CCCCS3(=O)=O)c(C3CC3)cc12. The second kappa shape index (κ2) is 9.77. The van der Waals surface area contributed by atoms with Crippen molar-refractivity contribution in [2.45, 2.75) is 31.6 Å². The molecule has 200 valence electrons. The van der Waals surface area contributed by atoms with E-state index in [1.165, 1.54) is 4.31 Å². The summed E-state index contributed by atoms with van der Waals surface area (Å²) in [6, 6.07) is 19.7. The first-order valence-corrected chi connectivity index (χ1v) is 14.4. The van der Waals surface area contributed by atoms with E-state index >= 15 is 0 Å². The Morgan fingerprint density at radius 2 is 1.67 bits per heavy atom. The molecule has 0 radical (unpaired) electrons. The monoisotopic (exact) mass is 546 g/mol. The molecule has 1 amide bonds. The lowest BCUT2D eigenvalue weighted by Crippen LogP contribution is -2.38. The number of esters is 1. The largest absolute Gasteiger partial charge is 0.457 e. The molecule has 9 nitrogen and oxygen atoms in total. The van der Waals surface area contributed by atoms with Gasteiger partial charge in [-0.1, -0.05) is 18.2 Å². The maximum Gasteiger partial charge on any atom is 0.412 e. The number of nitrogens with two attached hydrogens (primary N) is 1. The van der Waals surface area contributed by atoms with Crippen molar-refractivity contribution in [3.05, 3.63) is 77.9 Å². The summed E-state index contributed by atoms with van der Waals surface area (Å²) < 4.78 is 44.2. The quantitative estimate of drug-likeness (QED) is 0.234. The number of carbonyl (C=O) groups excluding carboxylic acids is 2. The van der Waals surface area contributed by atoms with Gasteiger partial charge >= 0.3 is 12.1 Å². The third kappa shape index (κ3) is 4.95. The highest BCUT2D eigenvalue weighted by Crippen LogP contribution is 2.48. The van der Waals surface area contributed by atoms with Gasteiger partial charge in [-0.2, -0.15) is 0 Å². The first-order chi connectivity index (χ1) is 18.8. The number of fused-ring (bicyclic) bond motifs is 1. The molecule has 4 aromatic rings. The molecule has 2 heterocycles. The molecule has 0 spiro atoms. The van der Waals surface area contributed by atoms with Crippen LogP contribution in [0.15, 0.2) is 71.1 Å². The lowest BCUT2D eigenvalue weighted by Gasteiger charge is -2.30. The molecular formula is C29H26N2O7S. The predicted molar refractivity (Wildman–Crippen MR) is 146 cm³/mol. The summed E-state index contributed by atoms with van der Waals surface area (Å²) in [7, 11) is -3.47. The van der Waals surface area contributed by atoms with Gasteiger partial charge in [0.2, 0.25) is 10.0 Å². The van der Waals surface area contributed by atoms with Crippen LogP contribution in [0, 0.1) is 0 Å². The van der Waals surface area contributed by atoms with Gasteiger partial charge in [-0.15, -0.1) is 0 Å². The van der Waals surface area contributed by atoms with Gasteiger partial charge in [-0.25, -0.2) is 18.0 Å². The molecule has 2 fully saturated rings. The molecule has 10 heteroatoms. The van der Waals surface area contributed by atoms with E-state index in [0.29, 0.717) is 46.7 Å². The molecule has 3 aromatic carbocycles. The van der Waals surface area contributed by atoms with Crippen molar-refractivity contribution < 1.29 is 31.9 Å². The first kappa shape index (κ1) is 25.0. The Kier molecular flexibility index (Phi) is 6.26. The predicted octanol–water partition coefficient (Wildman–Crippen LogP) is 5.94. The molecule has 0 bridgehead atoms. The summed E-state index contributed by atoms with van der Waals surface area (Å²) in [4.78, 5) is 24.6. The number of nitrogens with zero attached hydrogens (tertiary/aromatic N) is 1. The van der Waals surface area contributed by atoms with Gasteiger partial charge in [0.1, 0.15) is 28.4 Å². The minimum atomic E-state index is -3.47. The van der Waals surface area contributed by atoms with Crippen LogP contribution in [0.5, 0.6) is 11.5 Å². The number of rotatable bonds is 6. The van der Waals surface area contributed by atoms with E-state index in [0.717, 1.165) is 24.8 Å². The van der Waals surface area contributed by atoms with E-state index < -0.39 is 22.1 Å². The summed E-state index contributed by atoms with van der Waals surface area (Å²) in [6.07, 6.45) is 1.99. The number of primary amides is 1. The number of furan rings is 1. The fourth-order valence-electron chi connectivity index (χ4n) is 4.99. The van der Waals surface area contributed by atoms with E-state index in [1.807, 2.05) is 30.3 Å². The van der Waals surface area contributed by atoms with Crippen molar-refractivity contribution in [3.8, 4) is 22.8 Å². The number of amides is 1. The second-order valence-corrected chi connectivity index (χ2v) is 11.7. The van der Waals surface area contributed by atoms with Gasteiger partial charge in [0.25, 0.3) is 0 Å². The Balaban J connectivity index is 1.47. The number of para-hydroxylation sites is 1. The van der Waals surface area contributed by atoms with Crippen LogP contribution in [0.25, 0.3) is 22.3 Å². The zero-order valence-corrected chi connectivity index (χ0v) is 21.8. The van der Waals surface area contributed by atoms with Gasteiger partial charge in [-0.05, 0) is 79.6 Å². The molecule has 6 rings (SSSR count). The zero-order chi connectivity index (χ0) is 27.1. The van der Waals surface area contributed by atoms with Crippen molar-refractivity contribution in [2.24, 2.45) is 5.73 Å². The normalized spacial score (nSPS) is 16.7. The van der Waals surface area contributed by atoms with Gasteiger partial charge in [0.15, 0.2) is 0 Å². The van der Waals surface area contributed by atoms with Crippen LogP contribution in [0.3, 0.4) is 0 Å². The molecule has 1 aliphatic carbocycles. The molecule has 1 aromatic heterocycles. The molecule has 2 aliphatic rings. The van der Waals surface area contributed by atoms with Crippen molar-refractivity contribution in [1.29, 1.82) is 0 Å². The van der Waals surface area contributed by atoms with Crippen molar-refractivity contribution in [3.63, 3.8) is 0 Å². The minimum Gasteiger partial charge on any atom is -0.457 e. The van der Waals surface area contributed by atoms with Crippen molar-refractivity contribution in [1.82, 2.24) is 0 Å². The Hall–Kier alpha value is -4.31. The van der Waals surface area contributed by atoms with Gasteiger partial charge in [0.05, 0.1) is 11.4 Å². The average molecular weight is 547 g/mol. The number of anilines is 1. The van der Waals surface area contributed by atoms with Gasteiger partial charge < -0.3 is 19.6 Å². The fourth-order valence-corrected chi connectivity index (χ4v) is 6.65. The molecule has 39 heavy (non-hydrogen) atoms. The molecule has 1 saturated heterocycles. The average Bonchev–Trinajstić information content (AvgIpc) is 3.68. The molecule has 1 aliphatic heterocycles. The Morgan fingerprint density at radius 1 is 0.949 bits per heavy atom. The topological polar surface area (TPSA) is 129 Å². The highest BCUT2D eigenvalue weighted by atomic mass is 32.2. The van der Waals surface area contributed by atoms with E-state index in [1.54, 1.807) is 36.4 Å². The molecule has 0 atom stereocenters. The van der Waals surface area contributed by atoms with Crippen LogP contribution < -0.4 is 14.8 Å². The zero-order valence-electron chi connectivity index (χ0n) is 21.0. The molecular weight excluding hydrogens is 520 g/mol. The van der Waals surface area contributed by atoms with Crippen LogP contribution in [0.1, 0.15) is 47.5 Å².